The Balaban J connectivity index is 0.00000205. The van der Waals surface area contributed by atoms with Crippen molar-refractivity contribution in [3.05, 3.63) is 53.4 Å². The van der Waals surface area contributed by atoms with Crippen LogP contribution in [0.4, 0.5) is 37.2 Å². The maximum absolute atomic E-state index is 16.9. The highest BCUT2D eigenvalue weighted by Crippen LogP contribution is 2.47. The first-order valence-electron chi connectivity index (χ1n) is 16.2. The molecule has 2 aromatic carbocycles. The highest BCUT2D eigenvalue weighted by molar-refractivity contribution is 7.23. The number of nitrogens with one attached hydrogen (secondary N) is 1. The van der Waals surface area contributed by atoms with Crippen molar-refractivity contribution in [2.75, 3.05) is 50.0 Å². The molecule has 3 fully saturated rings. The summed E-state index contributed by atoms with van der Waals surface area (Å²) >= 11 is 1.02. The molecule has 0 bridgehead atoms. The summed E-state index contributed by atoms with van der Waals surface area (Å²) in [6.07, 6.45) is -2.43. The summed E-state index contributed by atoms with van der Waals surface area (Å²) in [5, 5.41) is 12.7. The fourth-order valence-corrected chi connectivity index (χ4v) is 8.31. The zero-order valence-electron chi connectivity index (χ0n) is 26.9. The number of nitrogen functional groups attached to an aromatic ring is 1. The molecular formula is C34H35F6N7OS. The maximum Gasteiger partial charge on any atom is 0.417 e. The molecule has 1 atom stereocenters. The number of nitriles is 1. The molecule has 0 aliphatic carbocycles. The molecule has 5 heterocycles. The van der Waals surface area contributed by atoms with Gasteiger partial charge >= 0.3 is 12.2 Å². The lowest BCUT2D eigenvalue weighted by Crippen LogP contribution is -2.50. The first-order valence-corrected chi connectivity index (χ1v) is 17.0. The molecule has 15 heteroatoms. The molecule has 0 radical (unpaired) electrons. The number of aromatic nitrogens is 2. The molecule has 0 amide bonds. The van der Waals surface area contributed by atoms with Gasteiger partial charge in [-0.05, 0) is 62.5 Å². The Morgan fingerprint density at radius 2 is 1.92 bits per heavy atom. The van der Waals surface area contributed by atoms with E-state index in [0.29, 0.717) is 4.70 Å². The van der Waals surface area contributed by atoms with Crippen LogP contribution < -0.4 is 20.7 Å². The maximum atomic E-state index is 16.9. The second-order valence-corrected chi connectivity index (χ2v) is 13.2. The van der Waals surface area contributed by atoms with E-state index in [1.807, 2.05) is 19.9 Å². The Morgan fingerprint density at radius 3 is 2.59 bits per heavy atom. The van der Waals surface area contributed by atoms with Crippen LogP contribution in [0.15, 0.2) is 36.4 Å². The number of nitrogens with two attached hydrogens (primary N) is 1. The molecule has 1 unspecified atom stereocenters. The van der Waals surface area contributed by atoms with Crippen LogP contribution in [-0.2, 0) is 6.18 Å². The summed E-state index contributed by atoms with van der Waals surface area (Å²) in [7, 11) is 0. The Hall–Kier alpha value is -4.13. The molecule has 7 rings (SSSR count). The lowest BCUT2D eigenvalue weighted by atomic mass is 9.92. The number of ether oxygens (including phenoxy) is 1. The molecule has 49 heavy (non-hydrogen) atoms. The van der Waals surface area contributed by atoms with Gasteiger partial charge in [0.2, 0.25) is 0 Å². The van der Waals surface area contributed by atoms with Crippen molar-refractivity contribution in [2.24, 2.45) is 0 Å². The largest absolute Gasteiger partial charge is 0.461 e. The average molecular weight is 704 g/mol. The number of hydrogen-bond acceptors (Lipinski definition) is 9. The molecule has 3 aliphatic heterocycles. The normalized spacial score (nSPS) is 19.0. The van der Waals surface area contributed by atoms with E-state index in [0.717, 1.165) is 62.3 Å². The van der Waals surface area contributed by atoms with Gasteiger partial charge in [0, 0.05) is 46.7 Å². The minimum absolute atomic E-state index is 0.0439. The third-order valence-corrected chi connectivity index (χ3v) is 10.4. The number of anilines is 2. The molecule has 3 saturated heterocycles. The number of fused-ring (bicyclic) bond motifs is 3. The van der Waals surface area contributed by atoms with Crippen LogP contribution in [0.25, 0.3) is 32.1 Å². The number of alkyl halides is 3. The fourth-order valence-electron chi connectivity index (χ4n) is 7.36. The first-order chi connectivity index (χ1) is 23.5. The predicted octanol–water partition coefficient (Wildman–Crippen LogP) is 7.72. The van der Waals surface area contributed by atoms with Crippen LogP contribution in [0.3, 0.4) is 0 Å². The molecule has 4 aromatic rings. The SMILES string of the molecule is CC.N#Cc1c(N)sc2cccc(-c3c(C(F)(F)F)cc4c(N5CCNC(C=C(F)F)C5)nc(OCC56CCCN5CCC6)nc4c3F)c12. The minimum atomic E-state index is -5.03. The zero-order valence-corrected chi connectivity index (χ0v) is 27.7. The number of rotatable bonds is 6. The molecule has 8 nitrogen and oxygen atoms in total. The average Bonchev–Trinajstić information content (AvgIpc) is 3.75. The summed E-state index contributed by atoms with van der Waals surface area (Å²) < 4.78 is 94.5. The van der Waals surface area contributed by atoms with E-state index in [1.165, 1.54) is 12.1 Å². The Morgan fingerprint density at radius 1 is 1.18 bits per heavy atom. The van der Waals surface area contributed by atoms with Gasteiger partial charge in [0.05, 0.1) is 16.7 Å². The fraction of sp³-hybridized carbons (Fsp3) is 0.441. The second-order valence-electron chi connectivity index (χ2n) is 12.1. The number of piperazine rings is 1. The van der Waals surface area contributed by atoms with Gasteiger partial charge in [0.15, 0.2) is 5.82 Å². The third-order valence-electron chi connectivity index (χ3n) is 9.43. The Labute approximate surface area is 283 Å². The van der Waals surface area contributed by atoms with Gasteiger partial charge in [-0.25, -0.2) is 4.39 Å². The molecular weight excluding hydrogens is 668 g/mol. The quantitative estimate of drug-likeness (QED) is 0.197. The lowest BCUT2D eigenvalue weighted by Gasteiger charge is -2.34. The lowest BCUT2D eigenvalue weighted by molar-refractivity contribution is -0.137. The second kappa shape index (κ2) is 13.6. The number of halogens is 6. The highest BCUT2D eigenvalue weighted by Gasteiger charge is 2.45. The van der Waals surface area contributed by atoms with Crippen LogP contribution in [-0.4, -0.2) is 65.8 Å². The van der Waals surface area contributed by atoms with Gasteiger partial charge in [0.1, 0.15) is 29.0 Å². The van der Waals surface area contributed by atoms with Gasteiger partial charge in [-0.2, -0.15) is 37.2 Å². The number of nitrogens with zero attached hydrogens (tertiary/aromatic N) is 5. The summed E-state index contributed by atoms with van der Waals surface area (Å²) in [6, 6.07) is 6.09. The van der Waals surface area contributed by atoms with Crippen molar-refractivity contribution in [3.8, 4) is 23.2 Å². The van der Waals surface area contributed by atoms with Crippen LogP contribution >= 0.6 is 11.3 Å². The molecule has 3 aliphatic rings. The molecule has 3 N–H and O–H groups in total. The molecule has 0 spiro atoms. The Bertz CT molecular complexity index is 1940. The van der Waals surface area contributed by atoms with Gasteiger partial charge in [0.25, 0.3) is 6.08 Å². The van der Waals surface area contributed by atoms with Gasteiger partial charge in [-0.1, -0.05) is 26.0 Å². The predicted molar refractivity (Wildman–Crippen MR) is 178 cm³/mol. The van der Waals surface area contributed by atoms with Crippen LogP contribution in [0.2, 0.25) is 0 Å². The van der Waals surface area contributed by atoms with Crippen molar-refractivity contribution < 1.29 is 31.1 Å². The third kappa shape index (κ3) is 6.37. The van der Waals surface area contributed by atoms with Crippen molar-refractivity contribution >= 4 is 43.1 Å². The van der Waals surface area contributed by atoms with E-state index < -0.39 is 40.8 Å². The summed E-state index contributed by atoms with van der Waals surface area (Å²) in [4.78, 5) is 12.7. The van der Waals surface area contributed by atoms with E-state index in [2.05, 4.69) is 20.2 Å². The van der Waals surface area contributed by atoms with Crippen molar-refractivity contribution in [1.29, 1.82) is 5.26 Å². The van der Waals surface area contributed by atoms with E-state index in [4.69, 9.17) is 10.5 Å². The molecule has 2 aromatic heterocycles. The summed E-state index contributed by atoms with van der Waals surface area (Å²) in [6.45, 7) is 6.42. The van der Waals surface area contributed by atoms with E-state index in [-0.39, 0.29) is 70.5 Å². The molecule has 260 valence electrons. The van der Waals surface area contributed by atoms with E-state index >= 15 is 4.39 Å². The number of hydrogen-bond donors (Lipinski definition) is 2. The smallest absolute Gasteiger partial charge is 0.417 e. The Kier molecular flexibility index (Phi) is 9.67. The van der Waals surface area contributed by atoms with Crippen LogP contribution in [0.1, 0.15) is 50.7 Å². The first kappa shape index (κ1) is 34.7. The highest BCUT2D eigenvalue weighted by atomic mass is 32.1. The van der Waals surface area contributed by atoms with Gasteiger partial charge in [-0.15, -0.1) is 11.3 Å². The van der Waals surface area contributed by atoms with Gasteiger partial charge < -0.3 is 20.7 Å². The van der Waals surface area contributed by atoms with Crippen molar-refractivity contribution in [1.82, 2.24) is 20.2 Å². The standard InChI is InChI=1S/C32H29F6N7OS.C2H6/c33-23(34)12-17-15-44(11-8-41-17)29-19-13-21(32(36,37)38)25(18-4-1-5-22-24(18)20(14-39)28(40)47-22)26(35)27(19)42-30(43-29)46-16-31-6-2-9-45(31)10-3-7-31;1-2/h1,4-5,12-13,17,41H,2-3,6-11,15-16,40H2;1-2H3. The monoisotopic (exact) mass is 703 g/mol. The van der Waals surface area contributed by atoms with E-state index in [9.17, 15) is 27.2 Å². The van der Waals surface area contributed by atoms with Crippen molar-refractivity contribution in [2.45, 2.75) is 57.3 Å². The summed E-state index contributed by atoms with van der Waals surface area (Å²) in [5.41, 5.74) is 3.11. The summed E-state index contributed by atoms with van der Waals surface area (Å²) in [5.74, 6) is -1.32. The molecule has 0 saturated carbocycles. The number of thiophene rings is 1. The van der Waals surface area contributed by atoms with E-state index in [1.54, 1.807) is 11.0 Å². The zero-order chi connectivity index (χ0) is 35.1. The number of benzene rings is 2. The van der Waals surface area contributed by atoms with Crippen LogP contribution in [0.5, 0.6) is 6.01 Å². The van der Waals surface area contributed by atoms with Gasteiger partial charge in [-0.3, -0.25) is 4.90 Å². The topological polar surface area (TPSA) is 103 Å². The minimum Gasteiger partial charge on any atom is -0.461 e. The van der Waals surface area contributed by atoms with Crippen molar-refractivity contribution in [3.63, 3.8) is 0 Å². The van der Waals surface area contributed by atoms with Crippen LogP contribution in [0, 0.1) is 17.1 Å².